The average molecular weight is 296 g/mol. The van der Waals surface area contributed by atoms with Crippen LogP contribution in [0.15, 0.2) is 29.2 Å². The van der Waals surface area contributed by atoms with Crippen molar-refractivity contribution in [2.45, 2.75) is 44.2 Å². The molecule has 20 heavy (non-hydrogen) atoms. The largest absolute Gasteiger partial charge is 0.366 e. The lowest BCUT2D eigenvalue weighted by molar-refractivity contribution is 0.425. The highest BCUT2D eigenvalue weighted by Crippen LogP contribution is 2.22. The second-order valence-electron chi connectivity index (χ2n) is 5.62. The van der Waals surface area contributed by atoms with Crippen molar-refractivity contribution in [1.82, 2.24) is 5.32 Å². The van der Waals surface area contributed by atoms with Crippen LogP contribution in [-0.2, 0) is 9.84 Å². The van der Waals surface area contributed by atoms with E-state index in [9.17, 15) is 8.42 Å². The first kappa shape index (κ1) is 15.3. The molecule has 0 radical (unpaired) electrons. The predicted octanol–water partition coefficient (Wildman–Crippen LogP) is 2.06. The SMILES string of the molecule is CCCS(=O)(=O)c1ccc(N2CC(C)NCC2C)cc1. The summed E-state index contributed by atoms with van der Waals surface area (Å²) in [5.41, 5.74) is 1.10. The van der Waals surface area contributed by atoms with Crippen molar-refractivity contribution in [3.05, 3.63) is 24.3 Å². The van der Waals surface area contributed by atoms with Gasteiger partial charge in [0.05, 0.1) is 10.6 Å². The molecule has 1 fully saturated rings. The number of hydrogen-bond acceptors (Lipinski definition) is 4. The molecule has 0 bridgehead atoms. The number of anilines is 1. The van der Waals surface area contributed by atoms with Crippen LogP contribution in [0, 0.1) is 0 Å². The van der Waals surface area contributed by atoms with Crippen molar-refractivity contribution in [2.75, 3.05) is 23.7 Å². The molecule has 5 heteroatoms. The summed E-state index contributed by atoms with van der Waals surface area (Å²) in [4.78, 5) is 2.76. The van der Waals surface area contributed by atoms with E-state index in [-0.39, 0.29) is 5.75 Å². The molecule has 2 unspecified atom stereocenters. The Labute approximate surface area is 122 Å². The van der Waals surface area contributed by atoms with Gasteiger partial charge in [0, 0.05) is 30.9 Å². The highest BCUT2D eigenvalue weighted by Gasteiger charge is 2.23. The van der Waals surface area contributed by atoms with E-state index < -0.39 is 9.84 Å². The van der Waals surface area contributed by atoms with E-state index in [0.29, 0.717) is 23.4 Å². The van der Waals surface area contributed by atoms with Gasteiger partial charge < -0.3 is 10.2 Å². The Bertz CT molecular complexity index is 539. The lowest BCUT2D eigenvalue weighted by Crippen LogP contribution is -2.54. The van der Waals surface area contributed by atoms with Crippen molar-refractivity contribution < 1.29 is 8.42 Å². The summed E-state index contributed by atoms with van der Waals surface area (Å²) in [6.45, 7) is 8.13. The van der Waals surface area contributed by atoms with Gasteiger partial charge in [-0.05, 0) is 44.5 Å². The molecule has 2 rings (SSSR count). The molecule has 1 aliphatic rings. The second kappa shape index (κ2) is 6.14. The van der Waals surface area contributed by atoms with E-state index in [0.717, 1.165) is 18.8 Å². The summed E-state index contributed by atoms with van der Waals surface area (Å²) >= 11 is 0. The zero-order chi connectivity index (χ0) is 14.8. The number of sulfone groups is 1. The highest BCUT2D eigenvalue weighted by atomic mass is 32.2. The first-order chi connectivity index (χ1) is 9.44. The van der Waals surface area contributed by atoms with E-state index in [2.05, 4.69) is 24.1 Å². The minimum absolute atomic E-state index is 0.216. The van der Waals surface area contributed by atoms with Crippen LogP contribution in [0.25, 0.3) is 0 Å². The number of rotatable bonds is 4. The Morgan fingerprint density at radius 3 is 2.50 bits per heavy atom. The molecule has 0 spiro atoms. The average Bonchev–Trinajstić information content (AvgIpc) is 2.42. The molecule has 2 atom stereocenters. The molecule has 0 aromatic heterocycles. The Morgan fingerprint density at radius 2 is 1.90 bits per heavy atom. The third-order valence-electron chi connectivity index (χ3n) is 3.76. The van der Waals surface area contributed by atoms with Crippen LogP contribution >= 0.6 is 0 Å². The van der Waals surface area contributed by atoms with Crippen LogP contribution in [0.1, 0.15) is 27.2 Å². The molecular weight excluding hydrogens is 272 g/mol. The van der Waals surface area contributed by atoms with Crippen molar-refractivity contribution in [3.63, 3.8) is 0 Å². The maximum Gasteiger partial charge on any atom is 0.178 e. The predicted molar refractivity (Wildman–Crippen MR) is 83.1 cm³/mol. The quantitative estimate of drug-likeness (QED) is 0.924. The van der Waals surface area contributed by atoms with Crippen LogP contribution in [0.4, 0.5) is 5.69 Å². The minimum Gasteiger partial charge on any atom is -0.366 e. The van der Waals surface area contributed by atoms with E-state index >= 15 is 0 Å². The topological polar surface area (TPSA) is 49.4 Å². The molecular formula is C15H24N2O2S. The summed E-state index contributed by atoms with van der Waals surface area (Å²) in [5.74, 6) is 0.216. The Balaban J connectivity index is 2.19. The summed E-state index contributed by atoms with van der Waals surface area (Å²) in [7, 11) is -3.11. The van der Waals surface area contributed by atoms with Crippen LogP contribution < -0.4 is 10.2 Å². The summed E-state index contributed by atoms with van der Waals surface area (Å²) in [5, 5.41) is 3.45. The Kier molecular flexibility index (Phi) is 4.70. The molecule has 1 aromatic carbocycles. The van der Waals surface area contributed by atoms with E-state index in [4.69, 9.17) is 0 Å². The monoisotopic (exact) mass is 296 g/mol. The van der Waals surface area contributed by atoms with Gasteiger partial charge in [-0.15, -0.1) is 0 Å². The lowest BCUT2D eigenvalue weighted by atomic mass is 10.1. The summed E-state index contributed by atoms with van der Waals surface area (Å²) in [6.07, 6.45) is 0.649. The number of piperazine rings is 1. The smallest absolute Gasteiger partial charge is 0.178 e. The summed E-state index contributed by atoms with van der Waals surface area (Å²) < 4.78 is 24.0. The molecule has 1 aromatic rings. The van der Waals surface area contributed by atoms with E-state index in [1.165, 1.54) is 0 Å². The van der Waals surface area contributed by atoms with Gasteiger partial charge in [-0.2, -0.15) is 0 Å². The molecule has 112 valence electrons. The van der Waals surface area contributed by atoms with Gasteiger partial charge in [0.2, 0.25) is 0 Å². The maximum absolute atomic E-state index is 12.0. The van der Waals surface area contributed by atoms with Crippen LogP contribution in [0.5, 0.6) is 0 Å². The Morgan fingerprint density at radius 1 is 1.25 bits per heavy atom. The fourth-order valence-electron chi connectivity index (χ4n) is 2.61. The molecule has 0 aliphatic carbocycles. The molecule has 0 amide bonds. The van der Waals surface area contributed by atoms with Crippen molar-refractivity contribution in [1.29, 1.82) is 0 Å². The number of hydrogen-bond donors (Lipinski definition) is 1. The third kappa shape index (κ3) is 3.33. The first-order valence-electron chi connectivity index (χ1n) is 7.27. The second-order valence-corrected chi connectivity index (χ2v) is 7.73. The van der Waals surface area contributed by atoms with Gasteiger partial charge in [-0.1, -0.05) is 6.92 Å². The standard InChI is InChI=1S/C15H24N2O2S/c1-4-9-20(18,19)15-7-5-14(6-8-15)17-11-12(2)16-10-13(17)3/h5-8,12-13,16H,4,9-11H2,1-3H3. The zero-order valence-corrected chi connectivity index (χ0v) is 13.3. The fourth-order valence-corrected chi connectivity index (χ4v) is 3.94. The van der Waals surface area contributed by atoms with Crippen LogP contribution in [0.2, 0.25) is 0 Å². The molecule has 1 heterocycles. The fraction of sp³-hybridized carbons (Fsp3) is 0.600. The number of nitrogens with zero attached hydrogens (tertiary/aromatic N) is 1. The van der Waals surface area contributed by atoms with Crippen molar-refractivity contribution >= 4 is 15.5 Å². The van der Waals surface area contributed by atoms with E-state index in [1.807, 2.05) is 19.1 Å². The normalized spacial score (nSPS) is 23.9. The maximum atomic E-state index is 12.0. The first-order valence-corrected chi connectivity index (χ1v) is 8.92. The number of nitrogens with one attached hydrogen (secondary N) is 1. The molecule has 0 saturated carbocycles. The third-order valence-corrected chi connectivity index (χ3v) is 5.70. The van der Waals surface area contributed by atoms with Crippen molar-refractivity contribution in [3.8, 4) is 0 Å². The van der Waals surface area contributed by atoms with E-state index in [1.54, 1.807) is 12.1 Å². The van der Waals surface area contributed by atoms with Gasteiger partial charge in [0.15, 0.2) is 9.84 Å². The molecule has 4 nitrogen and oxygen atoms in total. The molecule has 1 saturated heterocycles. The Hall–Kier alpha value is -1.07. The molecule has 1 N–H and O–H groups in total. The molecule has 1 aliphatic heterocycles. The van der Waals surface area contributed by atoms with Gasteiger partial charge in [-0.3, -0.25) is 0 Å². The minimum atomic E-state index is -3.11. The van der Waals surface area contributed by atoms with Gasteiger partial charge in [0.1, 0.15) is 0 Å². The number of benzene rings is 1. The van der Waals surface area contributed by atoms with Crippen molar-refractivity contribution in [2.24, 2.45) is 0 Å². The van der Waals surface area contributed by atoms with Crippen LogP contribution in [0.3, 0.4) is 0 Å². The van der Waals surface area contributed by atoms with Gasteiger partial charge in [-0.25, -0.2) is 8.42 Å². The van der Waals surface area contributed by atoms with Gasteiger partial charge in [0.25, 0.3) is 0 Å². The zero-order valence-electron chi connectivity index (χ0n) is 12.5. The highest BCUT2D eigenvalue weighted by molar-refractivity contribution is 7.91. The lowest BCUT2D eigenvalue weighted by Gasteiger charge is -2.39. The van der Waals surface area contributed by atoms with Crippen LogP contribution in [-0.4, -0.2) is 39.3 Å². The summed E-state index contributed by atoms with van der Waals surface area (Å²) in [6, 6.07) is 8.20. The van der Waals surface area contributed by atoms with Gasteiger partial charge >= 0.3 is 0 Å².